The molecule has 10 heterocycles. The third-order valence-corrected chi connectivity index (χ3v) is 12.7. The van der Waals surface area contributed by atoms with Crippen LogP contribution in [0.3, 0.4) is 0 Å². The summed E-state index contributed by atoms with van der Waals surface area (Å²) in [6.07, 6.45) is 20.3. The average molecular weight is 781 g/mol. The van der Waals surface area contributed by atoms with Gasteiger partial charge >= 0.3 is 5.97 Å². The van der Waals surface area contributed by atoms with Gasteiger partial charge in [0.25, 0.3) is 5.91 Å². The number of aromatic carboxylic acids is 1. The van der Waals surface area contributed by atoms with Crippen molar-refractivity contribution in [1.82, 2.24) is 50.5 Å². The number of aliphatic hydroxyl groups is 2. The molecule has 15 nitrogen and oxygen atoms in total. The zero-order chi connectivity index (χ0) is 38.0. The van der Waals surface area contributed by atoms with Gasteiger partial charge in [-0.15, -0.1) is 22.7 Å². The average Bonchev–Trinajstić information content (AvgIpc) is 4.05. The summed E-state index contributed by atoms with van der Waals surface area (Å²) in [5, 5.41) is 50.6. The predicted molar refractivity (Wildman–Crippen MR) is 204 cm³/mol. The second-order valence-corrected chi connectivity index (χ2v) is 16.3. The molecule has 0 saturated carbocycles. The molecule has 6 aromatic heterocycles. The number of aromatic amines is 2. The summed E-state index contributed by atoms with van der Waals surface area (Å²) in [6.45, 7) is 0. The van der Waals surface area contributed by atoms with Gasteiger partial charge in [-0.1, -0.05) is 0 Å². The molecule has 4 aliphatic heterocycles. The van der Waals surface area contributed by atoms with Crippen LogP contribution in [0.4, 0.5) is 0 Å². The van der Waals surface area contributed by atoms with Gasteiger partial charge in [0.05, 0.1) is 23.5 Å². The summed E-state index contributed by atoms with van der Waals surface area (Å²) in [6, 6.07) is 8.01. The first-order valence-corrected chi connectivity index (χ1v) is 19.9. The first-order valence-electron chi connectivity index (χ1n) is 18.1. The van der Waals surface area contributed by atoms with E-state index in [0.717, 1.165) is 46.6 Å². The van der Waals surface area contributed by atoms with Gasteiger partial charge in [-0.2, -0.15) is 10.2 Å². The van der Waals surface area contributed by atoms with Gasteiger partial charge in [-0.25, -0.2) is 24.7 Å². The first kappa shape index (κ1) is 36.8. The Morgan fingerprint density at radius 1 is 0.691 bits per heavy atom. The number of carboxylic acid groups (broad SMARTS) is 1. The number of carboxylic acids is 1. The largest absolute Gasteiger partial charge is 0.478 e. The van der Waals surface area contributed by atoms with Crippen LogP contribution in [0.1, 0.15) is 83.7 Å². The lowest BCUT2D eigenvalue weighted by atomic mass is 9.85. The number of carbonyl (C=O) groups excluding carboxylic acids is 1. The van der Waals surface area contributed by atoms with Gasteiger partial charge in [0, 0.05) is 106 Å². The number of nitrogens with zero attached hydrogens (tertiary/aromatic N) is 7. The number of aromatic nitrogens is 8. The minimum absolute atomic E-state index is 0.0160. The fourth-order valence-electron chi connectivity index (χ4n) is 8.24. The molecule has 4 saturated heterocycles. The second-order valence-electron chi connectivity index (χ2n) is 14.4. The molecule has 4 bridgehead atoms. The number of fused-ring (bicyclic) bond motifs is 4. The van der Waals surface area contributed by atoms with Crippen molar-refractivity contribution in [3.63, 3.8) is 0 Å². The fourth-order valence-corrected chi connectivity index (χ4v) is 9.97. The summed E-state index contributed by atoms with van der Waals surface area (Å²) >= 11 is 2.94. The summed E-state index contributed by atoms with van der Waals surface area (Å²) in [5.41, 5.74) is 1.06. The van der Waals surface area contributed by atoms with E-state index in [1.54, 1.807) is 78.3 Å². The van der Waals surface area contributed by atoms with E-state index in [1.807, 2.05) is 22.5 Å². The number of piperidine rings is 2. The molecule has 0 radical (unpaired) electrons. The third kappa shape index (κ3) is 7.83. The lowest BCUT2D eigenvalue weighted by Gasteiger charge is -2.42. The standard InChI is InChI=1S/C19H19N5O2S.C11H15N3O.C8H6N2O2S/c25-17(12-6-16(27-11-12)13-9-22-23-10-13)24-14-2-3-15(24)8-19(26,7-14)18-20-4-1-5-21-18;15-11(10-12-4-1-5-13-10)6-8-2-3-9(7-11)14-8;11-8(12)5-1-7(13-4-5)6-2-9-10-3-6/h1,4-6,9-11,14-15,26H,2-3,7-8H2,(H,22,23);1,4-5,8-9,14-15H,2-3,6-7H2;1-4H,(H,9,10)(H,11,12). The van der Waals surface area contributed by atoms with Crippen molar-refractivity contribution in [2.75, 3.05) is 0 Å². The summed E-state index contributed by atoms with van der Waals surface area (Å²) in [5.74, 6) is 0.200. The van der Waals surface area contributed by atoms with Crippen molar-refractivity contribution < 1.29 is 24.9 Å². The molecule has 4 fully saturated rings. The Bertz CT molecular complexity index is 2170. The molecule has 0 aromatic carbocycles. The molecule has 6 N–H and O–H groups in total. The highest BCUT2D eigenvalue weighted by Gasteiger charge is 2.51. The number of amides is 1. The van der Waals surface area contributed by atoms with Gasteiger partial charge in [-0.3, -0.25) is 15.0 Å². The third-order valence-electron chi connectivity index (χ3n) is 10.7. The maximum absolute atomic E-state index is 13.2. The maximum Gasteiger partial charge on any atom is 0.336 e. The molecule has 55 heavy (non-hydrogen) atoms. The SMILES string of the molecule is O=C(O)c1csc(-c2cn[nH]c2)c1.O=C(c1csc(-c2cn[nH]c2)c1)N1C2CCC1CC(O)(c1ncccn1)C2.OC1(c2ncccn2)CC2CCC(C1)N2. The number of hydrogen-bond donors (Lipinski definition) is 6. The Hall–Kier alpha value is -5.20. The van der Waals surface area contributed by atoms with Crippen LogP contribution in [0.2, 0.25) is 0 Å². The fraction of sp³-hybridized carbons (Fsp3) is 0.368. The molecule has 4 aliphatic rings. The Morgan fingerprint density at radius 2 is 1.16 bits per heavy atom. The Balaban J connectivity index is 0.000000129. The van der Waals surface area contributed by atoms with E-state index in [4.69, 9.17) is 5.11 Å². The highest BCUT2D eigenvalue weighted by molar-refractivity contribution is 7.14. The van der Waals surface area contributed by atoms with E-state index in [1.165, 1.54) is 24.2 Å². The van der Waals surface area contributed by atoms with Crippen molar-refractivity contribution in [3.8, 4) is 20.9 Å². The van der Waals surface area contributed by atoms with Crippen LogP contribution in [0.25, 0.3) is 20.9 Å². The van der Waals surface area contributed by atoms with Crippen molar-refractivity contribution >= 4 is 34.6 Å². The molecule has 0 aliphatic carbocycles. The molecular formula is C38H40N10O5S2. The van der Waals surface area contributed by atoms with Gasteiger partial charge in [0.2, 0.25) is 0 Å². The molecule has 1 amide bonds. The zero-order valence-electron chi connectivity index (χ0n) is 29.7. The predicted octanol–water partition coefficient (Wildman–Crippen LogP) is 5.00. The van der Waals surface area contributed by atoms with Crippen molar-refractivity contribution in [2.24, 2.45) is 0 Å². The minimum atomic E-state index is -1.06. The molecule has 4 unspecified atom stereocenters. The molecule has 4 atom stereocenters. The van der Waals surface area contributed by atoms with Crippen LogP contribution in [-0.4, -0.2) is 96.6 Å². The number of carbonyl (C=O) groups is 2. The van der Waals surface area contributed by atoms with Crippen molar-refractivity contribution in [1.29, 1.82) is 0 Å². The molecule has 6 aromatic rings. The summed E-state index contributed by atoms with van der Waals surface area (Å²) in [7, 11) is 0. The number of thiophene rings is 2. The van der Waals surface area contributed by atoms with Crippen molar-refractivity contribution in [3.05, 3.63) is 107 Å². The van der Waals surface area contributed by atoms with E-state index in [9.17, 15) is 19.8 Å². The number of rotatable bonds is 6. The van der Waals surface area contributed by atoms with Crippen LogP contribution >= 0.6 is 22.7 Å². The minimum Gasteiger partial charge on any atom is -0.478 e. The van der Waals surface area contributed by atoms with Crippen molar-refractivity contribution in [2.45, 2.75) is 86.7 Å². The zero-order valence-corrected chi connectivity index (χ0v) is 31.3. The molecule has 17 heteroatoms. The first-order chi connectivity index (χ1) is 26.7. The van der Waals surface area contributed by atoms with E-state index < -0.39 is 17.2 Å². The van der Waals surface area contributed by atoms with Crippen LogP contribution in [0.15, 0.2) is 84.6 Å². The summed E-state index contributed by atoms with van der Waals surface area (Å²) in [4.78, 5) is 44.5. The Morgan fingerprint density at radius 3 is 1.62 bits per heavy atom. The van der Waals surface area contributed by atoms with Crippen LogP contribution < -0.4 is 5.32 Å². The van der Waals surface area contributed by atoms with Crippen LogP contribution in [0, 0.1) is 0 Å². The Kier molecular flexibility index (Phi) is 10.4. The monoisotopic (exact) mass is 780 g/mol. The van der Waals surface area contributed by atoms with Gasteiger partial charge in [0.15, 0.2) is 11.6 Å². The topological polar surface area (TPSA) is 219 Å². The normalized spacial score (nSPS) is 26.4. The van der Waals surface area contributed by atoms with E-state index in [0.29, 0.717) is 47.7 Å². The quantitative estimate of drug-likeness (QED) is 0.132. The van der Waals surface area contributed by atoms with E-state index in [-0.39, 0.29) is 18.0 Å². The molecule has 10 rings (SSSR count). The van der Waals surface area contributed by atoms with Gasteiger partial charge in [0.1, 0.15) is 11.2 Å². The Labute approximate surface area is 324 Å². The number of H-pyrrole nitrogens is 2. The second kappa shape index (κ2) is 15.5. The van der Waals surface area contributed by atoms with Gasteiger partial charge < -0.3 is 25.5 Å². The lowest BCUT2D eigenvalue weighted by Crippen LogP contribution is -2.52. The van der Waals surface area contributed by atoms with Crippen LogP contribution in [-0.2, 0) is 11.2 Å². The van der Waals surface area contributed by atoms with E-state index >= 15 is 0 Å². The van der Waals surface area contributed by atoms with E-state index in [2.05, 4.69) is 45.6 Å². The molecular weight excluding hydrogens is 741 g/mol. The molecule has 284 valence electrons. The maximum atomic E-state index is 13.2. The van der Waals surface area contributed by atoms with Gasteiger partial charge in [-0.05, 0) is 62.8 Å². The summed E-state index contributed by atoms with van der Waals surface area (Å²) < 4.78 is 0. The van der Waals surface area contributed by atoms with Crippen LogP contribution in [0.5, 0.6) is 0 Å². The number of nitrogens with one attached hydrogen (secondary N) is 3. The number of hydrogen-bond acceptors (Lipinski definition) is 13. The smallest absolute Gasteiger partial charge is 0.336 e. The lowest BCUT2D eigenvalue weighted by molar-refractivity contribution is -0.0539. The highest BCUT2D eigenvalue weighted by Crippen LogP contribution is 2.46. The molecule has 0 spiro atoms. The highest BCUT2D eigenvalue weighted by atomic mass is 32.1.